The average molecular weight is 551 g/mol. The number of thiocarbonyl (C=S) groups is 1. The molecule has 2 saturated heterocycles. The predicted octanol–water partition coefficient (Wildman–Crippen LogP) is 4.18. The van der Waals surface area contributed by atoms with E-state index in [-0.39, 0.29) is 20.3 Å². The van der Waals surface area contributed by atoms with Gasteiger partial charge in [-0.25, -0.2) is 0 Å². The quantitative estimate of drug-likeness (QED) is 0.385. The van der Waals surface area contributed by atoms with Crippen molar-refractivity contribution < 1.29 is 14.7 Å². The molecule has 0 bridgehead atoms. The molecule has 8 nitrogen and oxygen atoms in total. The number of carbonyl (C=O) groups is 2. The van der Waals surface area contributed by atoms with Crippen LogP contribution in [0.3, 0.4) is 0 Å². The number of anilines is 1. The van der Waals surface area contributed by atoms with Crippen molar-refractivity contribution in [3.05, 3.63) is 67.8 Å². The Kier molecular flexibility index (Phi) is 8.69. The summed E-state index contributed by atoms with van der Waals surface area (Å²) in [5.41, 5.74) is 2.17. The fraction of sp³-hybridized carbons (Fsp3) is 0.393. The number of benzene rings is 1. The Bertz CT molecular complexity index is 1390. The summed E-state index contributed by atoms with van der Waals surface area (Å²) >= 11 is 6.31. The van der Waals surface area contributed by atoms with Crippen LogP contribution in [0.4, 0.5) is 5.82 Å². The van der Waals surface area contributed by atoms with E-state index in [1.165, 1.54) is 5.56 Å². The minimum atomic E-state index is -1.15. The second kappa shape index (κ2) is 12.0. The molecule has 0 unspecified atom stereocenters. The third kappa shape index (κ3) is 5.69. The Balaban J connectivity index is 1.74. The number of carboxylic acids is 1. The molecule has 2 fully saturated rings. The van der Waals surface area contributed by atoms with Gasteiger partial charge in [0.25, 0.3) is 11.5 Å². The van der Waals surface area contributed by atoms with Crippen LogP contribution in [0.5, 0.6) is 0 Å². The number of amides is 1. The number of thioether (sulfide) groups is 1. The van der Waals surface area contributed by atoms with E-state index < -0.39 is 18.4 Å². The van der Waals surface area contributed by atoms with Gasteiger partial charge in [-0.15, -0.1) is 0 Å². The van der Waals surface area contributed by atoms with E-state index in [0.29, 0.717) is 35.8 Å². The van der Waals surface area contributed by atoms with E-state index in [1.807, 2.05) is 13.0 Å². The summed E-state index contributed by atoms with van der Waals surface area (Å²) in [5.74, 6) is -0.410. The number of piperidine rings is 1. The molecule has 1 aromatic carbocycles. The van der Waals surface area contributed by atoms with Crippen molar-refractivity contribution in [3.63, 3.8) is 0 Å². The minimum Gasteiger partial charge on any atom is -0.480 e. The van der Waals surface area contributed by atoms with Crippen LogP contribution in [0.2, 0.25) is 0 Å². The number of carbonyl (C=O) groups excluding carboxylic acids is 1. The first-order valence-corrected chi connectivity index (χ1v) is 13.9. The van der Waals surface area contributed by atoms with Crippen molar-refractivity contribution in [2.45, 2.75) is 46.1 Å². The molecular weight excluding hydrogens is 520 g/mol. The van der Waals surface area contributed by atoms with Crippen molar-refractivity contribution >= 4 is 52.1 Å². The summed E-state index contributed by atoms with van der Waals surface area (Å²) in [4.78, 5) is 41.2. The highest BCUT2D eigenvalue weighted by Gasteiger charge is 2.35. The molecule has 2 aliphatic rings. The summed E-state index contributed by atoms with van der Waals surface area (Å²) in [5, 5.41) is 19.0. The second-order valence-corrected chi connectivity index (χ2v) is 11.3. The van der Waals surface area contributed by atoms with Gasteiger partial charge in [0.05, 0.1) is 4.91 Å². The highest BCUT2D eigenvalue weighted by atomic mass is 32.2. The summed E-state index contributed by atoms with van der Waals surface area (Å²) in [7, 11) is 0. The molecule has 0 aliphatic carbocycles. The molecule has 0 spiro atoms. The molecule has 10 heteroatoms. The Labute approximate surface area is 231 Å². The van der Waals surface area contributed by atoms with Crippen molar-refractivity contribution in [3.8, 4) is 6.07 Å². The molecule has 1 amide bonds. The maximum absolute atomic E-state index is 13.4. The van der Waals surface area contributed by atoms with Gasteiger partial charge in [0, 0.05) is 25.2 Å². The van der Waals surface area contributed by atoms with E-state index in [0.717, 1.165) is 49.0 Å². The van der Waals surface area contributed by atoms with E-state index in [4.69, 9.17) is 12.2 Å². The monoisotopic (exact) mass is 550 g/mol. The largest absolute Gasteiger partial charge is 0.480 e. The van der Waals surface area contributed by atoms with Crippen LogP contribution in [0.1, 0.15) is 48.4 Å². The van der Waals surface area contributed by atoms with Crippen molar-refractivity contribution in [1.29, 1.82) is 5.26 Å². The van der Waals surface area contributed by atoms with E-state index in [9.17, 15) is 24.8 Å². The number of hydrogen-bond donors (Lipinski definition) is 1. The van der Waals surface area contributed by atoms with Gasteiger partial charge in [-0.2, -0.15) is 5.26 Å². The summed E-state index contributed by atoms with van der Waals surface area (Å²) in [6.45, 7) is 5.12. The topological polar surface area (TPSA) is 107 Å². The SMILES string of the molecule is CCCn1c(N2CCC(Cc3ccccc3)CC2)c(/C=C2\SC(=S)N(CC(=O)O)C2=O)c(C)c(C#N)c1=O. The summed E-state index contributed by atoms with van der Waals surface area (Å²) in [6, 6.07) is 12.5. The molecule has 3 heterocycles. The summed E-state index contributed by atoms with van der Waals surface area (Å²) < 4.78 is 1.83. The lowest BCUT2D eigenvalue weighted by Gasteiger charge is -2.36. The minimum absolute atomic E-state index is 0.0495. The molecule has 4 rings (SSSR count). The molecule has 1 N–H and O–H groups in total. The predicted molar refractivity (Wildman–Crippen MR) is 153 cm³/mol. The van der Waals surface area contributed by atoms with Crippen LogP contribution in [-0.4, -0.2) is 50.4 Å². The van der Waals surface area contributed by atoms with Crippen LogP contribution in [-0.2, 0) is 22.6 Å². The van der Waals surface area contributed by atoms with Crippen LogP contribution >= 0.6 is 24.0 Å². The third-order valence-corrected chi connectivity index (χ3v) is 8.40. The Morgan fingerprint density at radius 1 is 1.24 bits per heavy atom. The Morgan fingerprint density at radius 3 is 2.53 bits per heavy atom. The van der Waals surface area contributed by atoms with Gasteiger partial charge in [0.15, 0.2) is 0 Å². The zero-order chi connectivity index (χ0) is 27.4. The maximum atomic E-state index is 13.4. The lowest BCUT2D eigenvalue weighted by Crippen LogP contribution is -2.40. The van der Waals surface area contributed by atoms with Gasteiger partial charge in [0.1, 0.15) is 28.3 Å². The molecule has 1 aromatic heterocycles. The molecule has 198 valence electrons. The fourth-order valence-electron chi connectivity index (χ4n) is 5.11. The van der Waals surface area contributed by atoms with Gasteiger partial charge in [-0.3, -0.25) is 23.9 Å². The van der Waals surface area contributed by atoms with Crippen molar-refractivity contribution in [1.82, 2.24) is 9.47 Å². The van der Waals surface area contributed by atoms with Gasteiger partial charge >= 0.3 is 5.97 Å². The molecule has 2 aromatic rings. The van der Waals surface area contributed by atoms with Gasteiger partial charge in [0.2, 0.25) is 0 Å². The zero-order valence-electron chi connectivity index (χ0n) is 21.5. The van der Waals surface area contributed by atoms with Gasteiger partial charge < -0.3 is 10.0 Å². The van der Waals surface area contributed by atoms with Crippen molar-refractivity contribution in [2.24, 2.45) is 5.92 Å². The summed E-state index contributed by atoms with van der Waals surface area (Å²) in [6.07, 6.45) is 5.28. The number of aromatic nitrogens is 1. The first-order valence-electron chi connectivity index (χ1n) is 12.7. The number of aliphatic carboxylic acids is 1. The number of rotatable bonds is 8. The highest BCUT2D eigenvalue weighted by Crippen LogP contribution is 2.37. The number of nitriles is 1. The number of pyridine rings is 1. The van der Waals surface area contributed by atoms with Crippen LogP contribution in [0, 0.1) is 24.2 Å². The smallest absolute Gasteiger partial charge is 0.323 e. The zero-order valence-corrected chi connectivity index (χ0v) is 23.1. The standard InChI is InChI=1S/C28H30N4O4S2/c1-3-11-31-25(30-12-9-20(10-13-30)14-19-7-5-4-6-8-19)21(18(2)22(16-29)26(31)35)15-23-27(36)32(17-24(33)34)28(37)38-23/h4-8,15,20H,3,9-14,17H2,1-2H3,(H,33,34)/b23-15-. The van der Waals surface area contributed by atoms with E-state index in [2.05, 4.69) is 35.2 Å². The molecule has 38 heavy (non-hydrogen) atoms. The van der Waals surface area contributed by atoms with E-state index >= 15 is 0 Å². The average Bonchev–Trinajstić information content (AvgIpc) is 3.15. The molecule has 2 aliphatic heterocycles. The van der Waals surface area contributed by atoms with Gasteiger partial charge in [-0.05, 0) is 55.7 Å². The van der Waals surface area contributed by atoms with Crippen LogP contribution in [0.15, 0.2) is 40.0 Å². The molecule has 0 radical (unpaired) electrons. The highest BCUT2D eigenvalue weighted by molar-refractivity contribution is 8.26. The van der Waals surface area contributed by atoms with Crippen molar-refractivity contribution in [2.75, 3.05) is 24.5 Å². The fourth-order valence-corrected chi connectivity index (χ4v) is 6.35. The Morgan fingerprint density at radius 2 is 1.92 bits per heavy atom. The second-order valence-electron chi connectivity index (χ2n) is 9.59. The molecular formula is C28H30N4O4S2. The third-order valence-electron chi connectivity index (χ3n) is 7.02. The first kappa shape index (κ1) is 27.6. The lowest BCUT2D eigenvalue weighted by atomic mass is 9.90. The van der Waals surface area contributed by atoms with Gasteiger partial charge in [-0.1, -0.05) is 61.2 Å². The lowest BCUT2D eigenvalue weighted by molar-refractivity contribution is -0.140. The number of carboxylic acid groups (broad SMARTS) is 1. The molecule has 0 atom stereocenters. The number of hydrogen-bond acceptors (Lipinski definition) is 7. The van der Waals surface area contributed by atoms with Crippen LogP contribution in [0.25, 0.3) is 6.08 Å². The Hall–Kier alpha value is -3.42. The maximum Gasteiger partial charge on any atom is 0.323 e. The molecule has 0 saturated carbocycles. The van der Waals surface area contributed by atoms with E-state index in [1.54, 1.807) is 17.6 Å². The first-order chi connectivity index (χ1) is 18.2. The normalized spacial score (nSPS) is 17.3. The van der Waals surface area contributed by atoms with Crippen LogP contribution < -0.4 is 10.5 Å². The number of nitrogens with zero attached hydrogens (tertiary/aromatic N) is 4.